The van der Waals surface area contributed by atoms with E-state index in [1.165, 1.54) is 148 Å². The molecule has 10 heteroatoms. The Hall–Kier alpha value is -0.990. The average Bonchev–Trinajstić information content (AvgIpc) is 3.10. The molecule has 0 bridgehead atoms. The number of esters is 2. The van der Waals surface area contributed by atoms with Crippen molar-refractivity contribution in [3.63, 3.8) is 0 Å². The average molecular weight is 777 g/mol. The Morgan fingerprint density at radius 2 is 0.849 bits per heavy atom. The topological polar surface area (TPSA) is 108 Å². The molecule has 2 unspecified atom stereocenters. The zero-order valence-corrected chi connectivity index (χ0v) is 36.4. The van der Waals surface area contributed by atoms with Crippen LogP contribution in [0.15, 0.2) is 0 Å². The number of carbonyl (C=O) groups excluding carboxylic acids is 2. The molecule has 0 aromatic carbocycles. The molecule has 9 nitrogen and oxygen atoms in total. The number of phosphoric ester groups is 1. The Kier molecular flexibility index (Phi) is 36.0. The number of ether oxygens (including phenoxy) is 2. The van der Waals surface area contributed by atoms with Crippen LogP contribution in [0.5, 0.6) is 0 Å². The van der Waals surface area contributed by atoms with E-state index in [-0.39, 0.29) is 25.6 Å². The highest BCUT2D eigenvalue weighted by Gasteiger charge is 2.27. The number of quaternary nitrogens is 1. The second-order valence-electron chi connectivity index (χ2n) is 16.5. The summed E-state index contributed by atoms with van der Waals surface area (Å²) in [6, 6.07) is 0. The van der Waals surface area contributed by atoms with Crippen molar-refractivity contribution in [2.75, 3.05) is 47.5 Å². The predicted molar refractivity (Wildman–Crippen MR) is 220 cm³/mol. The van der Waals surface area contributed by atoms with Gasteiger partial charge in [-0.3, -0.25) is 18.6 Å². The first-order chi connectivity index (χ1) is 25.5. The summed E-state index contributed by atoms with van der Waals surface area (Å²) in [5.74, 6) is -0.790. The summed E-state index contributed by atoms with van der Waals surface area (Å²) in [7, 11) is 1.49. The van der Waals surface area contributed by atoms with Gasteiger partial charge >= 0.3 is 19.8 Å². The minimum absolute atomic E-state index is 0.0364. The van der Waals surface area contributed by atoms with E-state index in [4.69, 9.17) is 18.5 Å². The van der Waals surface area contributed by atoms with E-state index in [1.807, 2.05) is 21.1 Å². The number of hydrogen-bond acceptors (Lipinski definition) is 7. The second-order valence-corrected chi connectivity index (χ2v) is 17.9. The maximum atomic E-state index is 12.6. The Bertz CT molecular complexity index is 881. The van der Waals surface area contributed by atoms with Crippen molar-refractivity contribution in [2.24, 2.45) is 0 Å². The van der Waals surface area contributed by atoms with Gasteiger partial charge in [-0.15, -0.1) is 0 Å². The van der Waals surface area contributed by atoms with Crippen LogP contribution < -0.4 is 0 Å². The highest BCUT2D eigenvalue weighted by atomic mass is 31.2. The van der Waals surface area contributed by atoms with E-state index >= 15 is 0 Å². The van der Waals surface area contributed by atoms with Gasteiger partial charge in [0.25, 0.3) is 0 Å². The molecule has 0 aromatic rings. The number of unbranched alkanes of at least 4 members (excludes halogenated alkanes) is 27. The van der Waals surface area contributed by atoms with Gasteiger partial charge in [0.2, 0.25) is 0 Å². The van der Waals surface area contributed by atoms with Crippen molar-refractivity contribution in [2.45, 2.75) is 219 Å². The first-order valence-electron chi connectivity index (χ1n) is 22.3. The quantitative estimate of drug-likeness (QED) is 0.0283. The molecule has 0 heterocycles. The molecule has 0 radical (unpaired) electrons. The van der Waals surface area contributed by atoms with Crippen molar-refractivity contribution < 1.29 is 42.1 Å². The number of hydrogen-bond donors (Lipinski definition) is 1. The molecule has 316 valence electrons. The number of phosphoric acid groups is 1. The van der Waals surface area contributed by atoms with Gasteiger partial charge in [-0.05, 0) is 12.8 Å². The third-order valence-corrected chi connectivity index (χ3v) is 10.9. The lowest BCUT2D eigenvalue weighted by atomic mass is 10.0. The van der Waals surface area contributed by atoms with E-state index in [0.717, 1.165) is 32.1 Å². The van der Waals surface area contributed by atoms with Crippen LogP contribution in [0.1, 0.15) is 213 Å². The summed E-state index contributed by atoms with van der Waals surface area (Å²) in [6.45, 7) is 4.42. The number of nitrogens with zero attached hydrogens (tertiary/aromatic N) is 1. The summed E-state index contributed by atoms with van der Waals surface area (Å²) in [5.41, 5.74) is 0. The molecule has 0 spiro atoms. The van der Waals surface area contributed by atoms with Gasteiger partial charge in [-0.25, -0.2) is 4.57 Å². The lowest BCUT2D eigenvalue weighted by molar-refractivity contribution is -0.870. The summed E-state index contributed by atoms with van der Waals surface area (Å²) < 4.78 is 34.2. The lowest BCUT2D eigenvalue weighted by Gasteiger charge is -2.24. The zero-order chi connectivity index (χ0) is 39.3. The van der Waals surface area contributed by atoms with Crippen molar-refractivity contribution in [3.8, 4) is 0 Å². The molecule has 0 saturated heterocycles. The standard InChI is InChI=1S/C43H86NO8P/c1-6-8-10-12-14-16-17-18-19-20-21-22-23-24-25-26-27-28-30-31-33-35-42(45)49-39-41(40-51-53(47,48)50-38-37-44(3,4)5)52-43(46)36-34-32-29-15-13-11-9-7-2/h41H,6-40H2,1-5H3/p+1. The summed E-state index contributed by atoms with van der Waals surface area (Å²) in [6.07, 6.45) is 36.0. The van der Waals surface area contributed by atoms with Gasteiger partial charge in [0.05, 0.1) is 27.7 Å². The molecule has 0 fully saturated rings. The van der Waals surface area contributed by atoms with Gasteiger partial charge < -0.3 is 18.9 Å². The molecule has 0 aliphatic rings. The van der Waals surface area contributed by atoms with Crippen LogP contribution in [0.4, 0.5) is 0 Å². The van der Waals surface area contributed by atoms with Gasteiger partial charge in [-0.1, -0.05) is 187 Å². The van der Waals surface area contributed by atoms with Crippen LogP contribution in [0.3, 0.4) is 0 Å². The summed E-state index contributed by atoms with van der Waals surface area (Å²) >= 11 is 0. The molecule has 53 heavy (non-hydrogen) atoms. The minimum atomic E-state index is -4.36. The van der Waals surface area contributed by atoms with Gasteiger partial charge in [0.15, 0.2) is 6.10 Å². The van der Waals surface area contributed by atoms with Crippen LogP contribution in [0, 0.1) is 0 Å². The SMILES string of the molecule is CCCCCCCCCCCCCCCCCCCCCCCC(=O)OCC(COP(=O)(O)OCC[N+](C)(C)C)OC(=O)CCCCCCCCCC. The van der Waals surface area contributed by atoms with E-state index in [0.29, 0.717) is 23.9 Å². The monoisotopic (exact) mass is 777 g/mol. The molecule has 0 amide bonds. The van der Waals surface area contributed by atoms with Gasteiger partial charge in [0, 0.05) is 12.8 Å². The van der Waals surface area contributed by atoms with Crippen molar-refractivity contribution in [1.29, 1.82) is 0 Å². The van der Waals surface area contributed by atoms with E-state index < -0.39 is 26.5 Å². The van der Waals surface area contributed by atoms with Crippen LogP contribution in [0.25, 0.3) is 0 Å². The van der Waals surface area contributed by atoms with Crippen LogP contribution in [-0.4, -0.2) is 74.9 Å². The predicted octanol–water partition coefficient (Wildman–Crippen LogP) is 12.4. The third-order valence-electron chi connectivity index (χ3n) is 9.89. The molecular weight excluding hydrogens is 689 g/mol. The second kappa shape index (κ2) is 36.6. The molecule has 1 N–H and O–H groups in total. The number of carbonyl (C=O) groups is 2. The Balaban J connectivity index is 4.12. The molecule has 0 aliphatic heterocycles. The molecule has 0 rings (SSSR count). The number of likely N-dealkylation sites (N-methyl/N-ethyl adjacent to an activating group) is 1. The Morgan fingerprint density at radius 3 is 1.21 bits per heavy atom. The molecule has 0 aliphatic carbocycles. The van der Waals surface area contributed by atoms with E-state index in [9.17, 15) is 19.0 Å². The van der Waals surface area contributed by atoms with Gasteiger partial charge in [0.1, 0.15) is 19.8 Å². The Morgan fingerprint density at radius 1 is 0.509 bits per heavy atom. The first-order valence-corrected chi connectivity index (χ1v) is 23.8. The lowest BCUT2D eigenvalue weighted by Crippen LogP contribution is -2.37. The smallest absolute Gasteiger partial charge is 0.462 e. The van der Waals surface area contributed by atoms with Crippen LogP contribution >= 0.6 is 7.82 Å². The fraction of sp³-hybridized carbons (Fsp3) is 0.953. The maximum Gasteiger partial charge on any atom is 0.472 e. The van der Waals surface area contributed by atoms with E-state index in [1.54, 1.807) is 0 Å². The van der Waals surface area contributed by atoms with Crippen molar-refractivity contribution in [1.82, 2.24) is 0 Å². The van der Waals surface area contributed by atoms with E-state index in [2.05, 4.69) is 13.8 Å². The molecule has 0 saturated carbocycles. The Labute approximate surface area is 327 Å². The number of rotatable bonds is 41. The van der Waals surface area contributed by atoms with Crippen LogP contribution in [0.2, 0.25) is 0 Å². The van der Waals surface area contributed by atoms with Crippen LogP contribution in [-0.2, 0) is 32.7 Å². The molecule has 0 aromatic heterocycles. The van der Waals surface area contributed by atoms with Crippen molar-refractivity contribution in [3.05, 3.63) is 0 Å². The highest BCUT2D eigenvalue weighted by Crippen LogP contribution is 2.43. The normalized spacial score (nSPS) is 13.5. The van der Waals surface area contributed by atoms with Gasteiger partial charge in [-0.2, -0.15) is 0 Å². The zero-order valence-electron chi connectivity index (χ0n) is 35.5. The first kappa shape index (κ1) is 52.0. The summed E-state index contributed by atoms with van der Waals surface area (Å²) in [5, 5.41) is 0. The third kappa shape index (κ3) is 40.5. The highest BCUT2D eigenvalue weighted by molar-refractivity contribution is 7.47. The van der Waals surface area contributed by atoms with Crippen molar-refractivity contribution >= 4 is 19.8 Å². The fourth-order valence-corrected chi connectivity index (χ4v) is 7.11. The molecular formula is C43H87NO8P+. The fourth-order valence-electron chi connectivity index (χ4n) is 6.37. The minimum Gasteiger partial charge on any atom is -0.462 e. The largest absolute Gasteiger partial charge is 0.472 e. The summed E-state index contributed by atoms with van der Waals surface area (Å²) in [4.78, 5) is 35.2. The maximum absolute atomic E-state index is 12.6. The molecule has 2 atom stereocenters.